The number of anilines is 3. The highest BCUT2D eigenvalue weighted by molar-refractivity contribution is 6.30. The number of rotatable bonds is 3. The van der Waals surface area contributed by atoms with E-state index in [1.165, 1.54) is 6.20 Å². The molecule has 1 atom stereocenters. The normalized spacial score (nSPS) is 15.5. The number of fused-ring (bicyclic) bond motifs is 1. The van der Waals surface area contributed by atoms with E-state index in [-0.39, 0.29) is 5.69 Å². The summed E-state index contributed by atoms with van der Waals surface area (Å²) < 4.78 is 1.58. The van der Waals surface area contributed by atoms with Gasteiger partial charge in [-0.2, -0.15) is 10.1 Å². The number of aromatic amines is 1. The van der Waals surface area contributed by atoms with Crippen LogP contribution in [0, 0.1) is 6.92 Å². The van der Waals surface area contributed by atoms with Gasteiger partial charge in [0.2, 0.25) is 0 Å². The molecule has 138 valence electrons. The van der Waals surface area contributed by atoms with Crippen molar-refractivity contribution in [3.8, 4) is 0 Å². The molecular formula is C17H16ClN7O2. The number of para-hydroxylation sites is 2. The summed E-state index contributed by atoms with van der Waals surface area (Å²) in [7, 11) is 1.75. The summed E-state index contributed by atoms with van der Waals surface area (Å²) >= 11 is 6.49. The average molecular weight is 386 g/mol. The molecule has 3 aromatic rings. The van der Waals surface area contributed by atoms with Gasteiger partial charge in [-0.05, 0) is 19.1 Å². The van der Waals surface area contributed by atoms with E-state index in [2.05, 4.69) is 20.4 Å². The van der Waals surface area contributed by atoms with Gasteiger partial charge in [-0.25, -0.2) is 4.79 Å². The number of nitrogens with two attached hydrogens (primary N) is 1. The maximum Gasteiger partial charge on any atom is 0.345 e. The molecule has 0 aliphatic carbocycles. The first-order valence-electron chi connectivity index (χ1n) is 8.11. The topological polar surface area (TPSA) is 122 Å². The number of carbonyl (C=O) groups is 1. The van der Waals surface area contributed by atoms with Crippen LogP contribution in [0.25, 0.3) is 0 Å². The Morgan fingerprint density at radius 3 is 2.70 bits per heavy atom. The van der Waals surface area contributed by atoms with Crippen LogP contribution in [0.4, 0.5) is 17.1 Å². The summed E-state index contributed by atoms with van der Waals surface area (Å²) in [5.74, 6) is -0.762. The molecule has 1 aliphatic heterocycles. The largest absolute Gasteiger partial charge is 0.364 e. The first-order chi connectivity index (χ1) is 12.9. The molecule has 9 nitrogen and oxygen atoms in total. The van der Waals surface area contributed by atoms with Gasteiger partial charge in [0.05, 0.1) is 34.5 Å². The zero-order chi connectivity index (χ0) is 19.3. The number of hydrogen-bond donors (Lipinski definition) is 3. The molecule has 27 heavy (non-hydrogen) atoms. The lowest BCUT2D eigenvalue weighted by Crippen LogP contribution is -2.30. The van der Waals surface area contributed by atoms with Gasteiger partial charge < -0.3 is 16.0 Å². The minimum absolute atomic E-state index is 0.0313. The zero-order valence-corrected chi connectivity index (χ0v) is 15.3. The van der Waals surface area contributed by atoms with E-state index >= 15 is 0 Å². The smallest absolute Gasteiger partial charge is 0.345 e. The summed E-state index contributed by atoms with van der Waals surface area (Å²) in [4.78, 5) is 31.6. The third kappa shape index (κ3) is 2.63. The fourth-order valence-electron chi connectivity index (χ4n) is 3.34. The number of hydrogen-bond acceptors (Lipinski definition) is 6. The van der Waals surface area contributed by atoms with Gasteiger partial charge in [0.15, 0.2) is 0 Å². The highest BCUT2D eigenvalue weighted by Gasteiger charge is 2.37. The predicted octanol–water partition coefficient (Wildman–Crippen LogP) is 1.83. The highest BCUT2D eigenvalue weighted by Crippen LogP contribution is 2.47. The maximum atomic E-state index is 12.0. The number of nitrogens with one attached hydrogen (secondary N) is 2. The molecule has 1 amide bonds. The average Bonchev–Trinajstić information content (AvgIpc) is 3.11. The van der Waals surface area contributed by atoms with Crippen molar-refractivity contribution in [2.24, 2.45) is 12.8 Å². The van der Waals surface area contributed by atoms with E-state index in [1.54, 1.807) is 11.7 Å². The monoisotopic (exact) mass is 385 g/mol. The van der Waals surface area contributed by atoms with Crippen molar-refractivity contribution in [3.63, 3.8) is 0 Å². The molecule has 0 bridgehead atoms. The minimum atomic E-state index is -0.762. The van der Waals surface area contributed by atoms with Crippen LogP contribution in [-0.2, 0) is 7.05 Å². The molecule has 4 rings (SSSR count). The minimum Gasteiger partial charge on any atom is -0.364 e. The van der Waals surface area contributed by atoms with Crippen LogP contribution in [0.3, 0.4) is 0 Å². The SMILES string of the molecule is Cc1nn(C)c(Cl)c1C1Nc2ccccc2N1c1cnc(=O)[nH]c1C(N)=O. The van der Waals surface area contributed by atoms with Gasteiger partial charge in [-0.3, -0.25) is 14.5 Å². The van der Waals surface area contributed by atoms with Gasteiger partial charge in [0, 0.05) is 7.05 Å². The van der Waals surface area contributed by atoms with Crippen molar-refractivity contribution in [3.05, 3.63) is 63.1 Å². The number of aryl methyl sites for hydroxylation is 2. The number of primary amides is 1. The lowest BCUT2D eigenvalue weighted by atomic mass is 10.1. The maximum absolute atomic E-state index is 12.0. The van der Waals surface area contributed by atoms with Gasteiger partial charge in [-0.15, -0.1) is 0 Å². The van der Waals surface area contributed by atoms with Crippen molar-refractivity contribution >= 4 is 34.6 Å². The number of nitrogens with zero attached hydrogens (tertiary/aromatic N) is 4. The van der Waals surface area contributed by atoms with Crippen LogP contribution >= 0.6 is 11.6 Å². The van der Waals surface area contributed by atoms with E-state index in [4.69, 9.17) is 17.3 Å². The second kappa shape index (κ2) is 6.13. The number of amides is 1. The molecule has 1 aliphatic rings. The van der Waals surface area contributed by atoms with Crippen LogP contribution in [0.2, 0.25) is 5.15 Å². The molecule has 3 heterocycles. The van der Waals surface area contributed by atoms with Crippen molar-refractivity contribution < 1.29 is 4.79 Å². The lowest BCUT2D eigenvalue weighted by Gasteiger charge is -2.27. The Bertz CT molecular complexity index is 1120. The lowest BCUT2D eigenvalue weighted by molar-refractivity contribution is 0.0995. The summed E-state index contributed by atoms with van der Waals surface area (Å²) in [6.07, 6.45) is 0.865. The molecule has 1 unspecified atom stereocenters. The molecule has 0 radical (unpaired) electrons. The predicted molar refractivity (Wildman–Crippen MR) is 101 cm³/mol. The molecule has 0 fully saturated rings. The van der Waals surface area contributed by atoms with Crippen LogP contribution in [0.1, 0.15) is 27.9 Å². The van der Waals surface area contributed by atoms with Crippen LogP contribution in [0.15, 0.2) is 35.3 Å². The molecule has 0 spiro atoms. The van der Waals surface area contributed by atoms with E-state index < -0.39 is 17.8 Å². The second-order valence-electron chi connectivity index (χ2n) is 6.16. The van der Waals surface area contributed by atoms with Gasteiger partial charge in [-0.1, -0.05) is 23.7 Å². The third-order valence-corrected chi connectivity index (χ3v) is 4.93. The molecule has 0 saturated carbocycles. The molecule has 2 aromatic heterocycles. The van der Waals surface area contributed by atoms with Gasteiger partial charge in [0.25, 0.3) is 5.91 Å². The summed E-state index contributed by atoms with van der Waals surface area (Å²) in [6, 6.07) is 7.56. The molecule has 1 aromatic carbocycles. The first kappa shape index (κ1) is 17.1. The number of halogens is 1. The van der Waals surface area contributed by atoms with E-state index in [1.807, 2.05) is 36.1 Å². The third-order valence-electron chi connectivity index (χ3n) is 4.48. The summed E-state index contributed by atoms with van der Waals surface area (Å²) in [5, 5.41) is 8.22. The van der Waals surface area contributed by atoms with Gasteiger partial charge in [0.1, 0.15) is 17.0 Å². The summed E-state index contributed by atoms with van der Waals surface area (Å²) in [5.41, 5.74) is 8.28. The number of carbonyl (C=O) groups excluding carboxylic acids is 1. The fourth-order valence-corrected chi connectivity index (χ4v) is 3.62. The Labute approximate surface area is 158 Å². The Balaban J connectivity index is 1.97. The Morgan fingerprint density at radius 2 is 2.04 bits per heavy atom. The second-order valence-corrected chi connectivity index (χ2v) is 6.52. The number of aromatic nitrogens is 4. The highest BCUT2D eigenvalue weighted by atomic mass is 35.5. The fraction of sp³-hybridized carbons (Fsp3) is 0.176. The quantitative estimate of drug-likeness (QED) is 0.632. The van der Waals surface area contributed by atoms with E-state index in [9.17, 15) is 9.59 Å². The van der Waals surface area contributed by atoms with E-state index in [0.717, 1.165) is 22.6 Å². The van der Waals surface area contributed by atoms with Crippen molar-refractivity contribution in [1.29, 1.82) is 0 Å². The van der Waals surface area contributed by atoms with Crippen molar-refractivity contribution in [2.45, 2.75) is 13.1 Å². The first-order valence-corrected chi connectivity index (χ1v) is 8.49. The molecule has 4 N–H and O–H groups in total. The Kier molecular flexibility index (Phi) is 3.88. The van der Waals surface area contributed by atoms with Gasteiger partial charge >= 0.3 is 5.69 Å². The van der Waals surface area contributed by atoms with Crippen LogP contribution < -0.4 is 21.6 Å². The van der Waals surface area contributed by atoms with E-state index in [0.29, 0.717) is 10.8 Å². The molecular weight excluding hydrogens is 370 g/mol. The Morgan fingerprint density at radius 1 is 1.30 bits per heavy atom. The van der Waals surface area contributed by atoms with Crippen molar-refractivity contribution in [2.75, 3.05) is 10.2 Å². The van der Waals surface area contributed by atoms with Crippen molar-refractivity contribution in [1.82, 2.24) is 19.7 Å². The molecule has 0 saturated heterocycles. The summed E-state index contributed by atoms with van der Waals surface area (Å²) in [6.45, 7) is 1.85. The van der Waals surface area contributed by atoms with Crippen LogP contribution in [-0.4, -0.2) is 25.7 Å². The molecule has 10 heteroatoms. The number of benzene rings is 1. The zero-order valence-electron chi connectivity index (χ0n) is 14.5. The van der Waals surface area contributed by atoms with Crippen LogP contribution in [0.5, 0.6) is 0 Å². The number of H-pyrrole nitrogens is 1. The Hall–Kier alpha value is -3.33. The standard InChI is InChI=1S/C17H16ClN7O2/c1-8-12(14(18)24(2)23-8)16-21-9-5-3-4-6-10(9)25(16)11-7-20-17(27)22-13(11)15(19)26/h3-7,16,21H,1-2H3,(H2,19,26)(H,20,22,27).